The molecule has 1 rings (SSSR count). The molecule has 8 heteroatoms. The Bertz CT molecular complexity index is 463. The summed E-state index contributed by atoms with van der Waals surface area (Å²) in [6.07, 6.45) is -5.42. The van der Waals surface area contributed by atoms with Crippen molar-refractivity contribution in [1.82, 2.24) is 0 Å². The van der Waals surface area contributed by atoms with Gasteiger partial charge in [0.2, 0.25) is 0 Å². The molecule has 0 aliphatic rings. The van der Waals surface area contributed by atoms with Gasteiger partial charge in [0, 0.05) is 6.04 Å². The number of nitrogens with one attached hydrogen (secondary N) is 1. The van der Waals surface area contributed by atoms with Crippen LogP contribution >= 0.6 is 0 Å². The molecule has 1 atom stereocenters. The monoisotopic (exact) mass is 278 g/mol. The summed E-state index contributed by atoms with van der Waals surface area (Å²) in [6.45, 7) is 1.30. The Kier molecular flexibility index (Phi) is 4.57. The van der Waals surface area contributed by atoms with E-state index in [0.29, 0.717) is 0 Å². The van der Waals surface area contributed by atoms with E-state index in [0.717, 1.165) is 0 Å². The molecular weight excluding hydrogens is 265 g/mol. The van der Waals surface area contributed by atoms with Gasteiger partial charge in [0.15, 0.2) is 5.75 Å². The van der Waals surface area contributed by atoms with E-state index < -0.39 is 23.6 Å². The maximum atomic E-state index is 12.2. The van der Waals surface area contributed by atoms with Crippen molar-refractivity contribution in [3.63, 3.8) is 0 Å². The van der Waals surface area contributed by atoms with Gasteiger partial charge in [0.05, 0.1) is 18.5 Å². The third kappa shape index (κ3) is 4.31. The lowest BCUT2D eigenvalue weighted by molar-refractivity contribution is -0.384. The van der Waals surface area contributed by atoms with Gasteiger partial charge in [0.25, 0.3) is 0 Å². The molecule has 0 radical (unpaired) electrons. The topological polar surface area (TPSA) is 64.4 Å². The third-order valence-electron chi connectivity index (χ3n) is 2.34. The minimum atomic E-state index is -4.33. The number of benzene rings is 1. The average molecular weight is 278 g/mol. The number of nitrogens with zero attached hydrogens (tertiary/aromatic N) is 1. The van der Waals surface area contributed by atoms with E-state index in [-0.39, 0.29) is 17.1 Å². The summed E-state index contributed by atoms with van der Waals surface area (Å²) < 4.78 is 41.5. The van der Waals surface area contributed by atoms with Crippen LogP contribution in [0.5, 0.6) is 5.75 Å². The van der Waals surface area contributed by atoms with Gasteiger partial charge < -0.3 is 10.1 Å². The quantitative estimate of drug-likeness (QED) is 0.662. The number of halogens is 3. The Hall–Kier alpha value is -1.99. The van der Waals surface area contributed by atoms with Gasteiger partial charge >= 0.3 is 11.9 Å². The molecule has 1 N–H and O–H groups in total. The number of nitro groups is 1. The minimum Gasteiger partial charge on any atom is -0.490 e. The zero-order valence-corrected chi connectivity index (χ0v) is 10.3. The lowest BCUT2D eigenvalue weighted by atomic mass is 10.2. The number of hydrogen-bond donors (Lipinski definition) is 1. The zero-order chi connectivity index (χ0) is 14.6. The number of ether oxygens (including phenoxy) is 1. The summed E-state index contributed by atoms with van der Waals surface area (Å²) in [5, 5.41) is 13.4. The molecule has 0 aromatic heterocycles. The second-order valence-electron chi connectivity index (χ2n) is 3.98. The molecule has 0 bridgehead atoms. The highest BCUT2D eigenvalue weighted by Crippen LogP contribution is 2.35. The zero-order valence-electron chi connectivity index (χ0n) is 10.3. The van der Waals surface area contributed by atoms with E-state index in [9.17, 15) is 23.3 Å². The van der Waals surface area contributed by atoms with Crippen molar-refractivity contribution in [2.45, 2.75) is 25.6 Å². The molecule has 0 heterocycles. The number of methoxy groups -OCH3 is 1. The van der Waals surface area contributed by atoms with Crippen LogP contribution < -0.4 is 10.1 Å². The Labute approximate surface area is 107 Å². The minimum absolute atomic E-state index is 0.00102. The van der Waals surface area contributed by atoms with Crippen molar-refractivity contribution >= 4 is 11.4 Å². The highest BCUT2D eigenvalue weighted by atomic mass is 19.4. The Morgan fingerprint density at radius 1 is 1.47 bits per heavy atom. The van der Waals surface area contributed by atoms with E-state index in [1.807, 2.05) is 0 Å². The van der Waals surface area contributed by atoms with Crippen LogP contribution in [0, 0.1) is 10.1 Å². The largest absolute Gasteiger partial charge is 0.490 e. The van der Waals surface area contributed by atoms with Crippen LogP contribution in [0.15, 0.2) is 18.2 Å². The van der Waals surface area contributed by atoms with Gasteiger partial charge in [-0.1, -0.05) is 6.07 Å². The number of nitro benzene ring substituents is 1. The fourth-order valence-electron chi connectivity index (χ4n) is 1.66. The smallest absolute Gasteiger partial charge is 0.391 e. The Morgan fingerprint density at radius 3 is 2.58 bits per heavy atom. The second kappa shape index (κ2) is 5.77. The van der Waals surface area contributed by atoms with Gasteiger partial charge in [-0.25, -0.2) is 0 Å². The van der Waals surface area contributed by atoms with Crippen molar-refractivity contribution in [3.8, 4) is 5.75 Å². The molecule has 0 aliphatic carbocycles. The van der Waals surface area contributed by atoms with E-state index in [4.69, 9.17) is 4.74 Å². The van der Waals surface area contributed by atoms with Crippen LogP contribution in [-0.2, 0) is 0 Å². The van der Waals surface area contributed by atoms with Gasteiger partial charge in [0.1, 0.15) is 5.69 Å². The first-order valence-corrected chi connectivity index (χ1v) is 5.39. The highest BCUT2D eigenvalue weighted by molar-refractivity contribution is 5.68. The maximum absolute atomic E-state index is 12.2. The normalized spacial score (nSPS) is 12.9. The third-order valence-corrected chi connectivity index (χ3v) is 2.34. The highest BCUT2D eigenvalue weighted by Gasteiger charge is 2.31. The SMILES string of the molecule is COc1cccc(NC(C)CC(F)(F)F)c1[N+](=O)[O-]. The fourth-order valence-corrected chi connectivity index (χ4v) is 1.66. The molecule has 106 valence electrons. The number of rotatable bonds is 5. The summed E-state index contributed by atoms with van der Waals surface area (Å²) in [4.78, 5) is 10.2. The van der Waals surface area contributed by atoms with Crippen molar-refractivity contribution < 1.29 is 22.8 Å². The van der Waals surface area contributed by atoms with Gasteiger partial charge in [-0.2, -0.15) is 13.2 Å². The number of hydrogen-bond acceptors (Lipinski definition) is 4. The van der Waals surface area contributed by atoms with E-state index in [1.54, 1.807) is 0 Å². The summed E-state index contributed by atoms with van der Waals surface area (Å²) in [6, 6.07) is 3.20. The molecule has 0 aliphatic heterocycles. The van der Waals surface area contributed by atoms with Crippen molar-refractivity contribution in [2.24, 2.45) is 0 Å². The van der Waals surface area contributed by atoms with Crippen molar-refractivity contribution in [3.05, 3.63) is 28.3 Å². The standard InChI is InChI=1S/C11H13F3N2O3/c1-7(6-11(12,13)14)15-8-4-3-5-9(19-2)10(8)16(17)18/h3-5,7,15H,6H2,1-2H3. The van der Waals surface area contributed by atoms with Crippen LogP contribution in [0.3, 0.4) is 0 Å². The van der Waals surface area contributed by atoms with Crippen molar-refractivity contribution in [1.29, 1.82) is 0 Å². The van der Waals surface area contributed by atoms with Gasteiger partial charge in [-0.3, -0.25) is 10.1 Å². The second-order valence-corrected chi connectivity index (χ2v) is 3.98. The molecule has 0 saturated heterocycles. The Balaban J connectivity index is 2.98. The number of alkyl halides is 3. The first-order valence-electron chi connectivity index (χ1n) is 5.39. The summed E-state index contributed by atoms with van der Waals surface area (Å²) in [5.41, 5.74) is -0.375. The molecule has 0 spiro atoms. The first-order chi connectivity index (χ1) is 8.74. The van der Waals surface area contributed by atoms with Crippen LogP contribution in [0.2, 0.25) is 0 Å². The molecule has 0 amide bonds. The molecule has 0 fully saturated rings. The summed E-state index contributed by atoms with van der Waals surface area (Å²) in [7, 11) is 1.26. The fraction of sp³-hybridized carbons (Fsp3) is 0.455. The molecular formula is C11H13F3N2O3. The lowest BCUT2D eigenvalue weighted by Gasteiger charge is -2.17. The molecule has 1 aromatic carbocycles. The lowest BCUT2D eigenvalue weighted by Crippen LogP contribution is -2.24. The first kappa shape index (κ1) is 15.1. The summed E-state index contributed by atoms with van der Waals surface area (Å²) >= 11 is 0. The maximum Gasteiger partial charge on any atom is 0.391 e. The molecule has 19 heavy (non-hydrogen) atoms. The van der Waals surface area contributed by atoms with Crippen LogP contribution in [0.25, 0.3) is 0 Å². The molecule has 5 nitrogen and oxygen atoms in total. The van der Waals surface area contributed by atoms with Gasteiger partial charge in [-0.15, -0.1) is 0 Å². The average Bonchev–Trinajstić information content (AvgIpc) is 2.25. The molecule has 0 saturated carbocycles. The van der Waals surface area contributed by atoms with Gasteiger partial charge in [-0.05, 0) is 19.1 Å². The predicted octanol–water partition coefficient (Wildman–Crippen LogP) is 3.36. The summed E-state index contributed by atoms with van der Waals surface area (Å²) in [5.74, 6) is -0.00536. The molecule has 1 aromatic rings. The number of anilines is 1. The predicted molar refractivity (Wildman–Crippen MR) is 63.4 cm³/mol. The number of para-hydroxylation sites is 1. The van der Waals surface area contributed by atoms with E-state index in [2.05, 4.69) is 5.32 Å². The van der Waals surface area contributed by atoms with Crippen LogP contribution in [0.4, 0.5) is 24.5 Å². The van der Waals surface area contributed by atoms with E-state index in [1.165, 1.54) is 32.2 Å². The Morgan fingerprint density at radius 2 is 2.11 bits per heavy atom. The molecule has 1 unspecified atom stereocenters. The van der Waals surface area contributed by atoms with E-state index >= 15 is 0 Å². The van der Waals surface area contributed by atoms with Crippen molar-refractivity contribution in [2.75, 3.05) is 12.4 Å². The van der Waals surface area contributed by atoms with Crippen LogP contribution in [0.1, 0.15) is 13.3 Å². The van der Waals surface area contributed by atoms with Crippen LogP contribution in [-0.4, -0.2) is 24.3 Å².